The van der Waals surface area contributed by atoms with Gasteiger partial charge in [0.25, 0.3) is 0 Å². The maximum Gasteiger partial charge on any atom is 0.234 e. The topological polar surface area (TPSA) is 71.9 Å². The molecule has 0 saturated carbocycles. The maximum absolute atomic E-state index is 13.4. The Morgan fingerprint density at radius 2 is 2.21 bits per heavy atom. The zero-order valence-electron chi connectivity index (χ0n) is 9.95. The molecule has 0 bridgehead atoms. The number of pyridine rings is 1. The number of hydrogen-bond acceptors (Lipinski definition) is 4. The number of nitriles is 1. The Balaban J connectivity index is 2.35. The SMILES string of the molecule is Cc1c(N)cnc(Oc2ccc(C#N)c(F)c2)c1Br. The van der Waals surface area contributed by atoms with Crippen LogP contribution in [0.1, 0.15) is 11.1 Å². The second-order valence-corrected chi connectivity index (χ2v) is 4.61. The Labute approximate surface area is 117 Å². The number of aromatic nitrogens is 1. The zero-order chi connectivity index (χ0) is 14.0. The Kier molecular flexibility index (Phi) is 3.67. The Hall–Kier alpha value is -2.13. The molecular formula is C13H9BrFN3O. The molecule has 0 amide bonds. The van der Waals surface area contributed by atoms with Gasteiger partial charge in [0.15, 0.2) is 0 Å². The van der Waals surface area contributed by atoms with E-state index < -0.39 is 5.82 Å². The molecule has 0 aliphatic rings. The molecule has 0 atom stereocenters. The number of rotatable bonds is 2. The van der Waals surface area contributed by atoms with Gasteiger partial charge in [0.1, 0.15) is 17.6 Å². The molecule has 2 aromatic rings. The third kappa shape index (κ3) is 2.66. The molecule has 6 heteroatoms. The van der Waals surface area contributed by atoms with Crippen LogP contribution in [0, 0.1) is 24.1 Å². The fourth-order valence-corrected chi connectivity index (χ4v) is 1.81. The number of hydrogen-bond donors (Lipinski definition) is 1. The van der Waals surface area contributed by atoms with E-state index in [2.05, 4.69) is 20.9 Å². The van der Waals surface area contributed by atoms with Gasteiger partial charge in [-0.15, -0.1) is 0 Å². The normalized spacial score (nSPS) is 10.0. The maximum atomic E-state index is 13.4. The number of halogens is 2. The van der Waals surface area contributed by atoms with Gasteiger partial charge in [-0.2, -0.15) is 5.26 Å². The van der Waals surface area contributed by atoms with Crippen molar-refractivity contribution in [3.05, 3.63) is 45.8 Å². The molecule has 0 spiro atoms. The fraction of sp³-hybridized carbons (Fsp3) is 0.0769. The highest BCUT2D eigenvalue weighted by Crippen LogP contribution is 2.32. The highest BCUT2D eigenvalue weighted by Gasteiger charge is 2.11. The van der Waals surface area contributed by atoms with Crippen LogP contribution < -0.4 is 10.5 Å². The fourth-order valence-electron chi connectivity index (χ4n) is 1.40. The Bertz CT molecular complexity index is 682. The van der Waals surface area contributed by atoms with Crippen molar-refractivity contribution in [1.82, 2.24) is 4.98 Å². The monoisotopic (exact) mass is 321 g/mol. The summed E-state index contributed by atoms with van der Waals surface area (Å²) >= 11 is 3.32. The van der Waals surface area contributed by atoms with Gasteiger partial charge in [-0.05, 0) is 40.5 Å². The summed E-state index contributed by atoms with van der Waals surface area (Å²) in [6, 6.07) is 5.73. The van der Waals surface area contributed by atoms with Crippen molar-refractivity contribution in [2.75, 3.05) is 5.73 Å². The second-order valence-electron chi connectivity index (χ2n) is 3.81. The Morgan fingerprint density at radius 1 is 1.47 bits per heavy atom. The summed E-state index contributed by atoms with van der Waals surface area (Å²) in [5.41, 5.74) is 6.99. The lowest BCUT2D eigenvalue weighted by Gasteiger charge is -2.10. The lowest BCUT2D eigenvalue weighted by Crippen LogP contribution is -1.97. The van der Waals surface area contributed by atoms with Crippen LogP contribution in [0.5, 0.6) is 11.6 Å². The van der Waals surface area contributed by atoms with E-state index in [0.717, 1.165) is 11.6 Å². The highest BCUT2D eigenvalue weighted by molar-refractivity contribution is 9.10. The summed E-state index contributed by atoms with van der Waals surface area (Å²) in [7, 11) is 0. The number of nitrogens with zero attached hydrogens (tertiary/aromatic N) is 2. The van der Waals surface area contributed by atoms with Crippen LogP contribution in [0.15, 0.2) is 28.9 Å². The predicted octanol–water partition coefficient (Wildman–Crippen LogP) is 3.54. The summed E-state index contributed by atoms with van der Waals surface area (Å²) in [4.78, 5) is 4.02. The van der Waals surface area contributed by atoms with Gasteiger partial charge in [-0.3, -0.25) is 0 Å². The molecule has 2 rings (SSSR count). The van der Waals surface area contributed by atoms with E-state index >= 15 is 0 Å². The smallest absolute Gasteiger partial charge is 0.234 e. The Morgan fingerprint density at radius 3 is 2.84 bits per heavy atom. The van der Waals surface area contributed by atoms with Gasteiger partial charge in [0.05, 0.1) is 21.9 Å². The van der Waals surface area contributed by atoms with Gasteiger partial charge in [0.2, 0.25) is 5.88 Å². The van der Waals surface area contributed by atoms with Crippen molar-refractivity contribution >= 4 is 21.6 Å². The van der Waals surface area contributed by atoms with Crippen molar-refractivity contribution in [2.24, 2.45) is 0 Å². The summed E-state index contributed by atoms with van der Waals surface area (Å²) in [6.45, 7) is 1.81. The number of anilines is 1. The van der Waals surface area contributed by atoms with Crippen LogP contribution in [0.3, 0.4) is 0 Å². The van der Waals surface area contributed by atoms with Gasteiger partial charge in [-0.25, -0.2) is 9.37 Å². The molecule has 96 valence electrons. The summed E-state index contributed by atoms with van der Waals surface area (Å²) in [6.07, 6.45) is 1.47. The molecule has 1 aromatic carbocycles. The molecule has 19 heavy (non-hydrogen) atoms. The van der Waals surface area contributed by atoms with Crippen LogP contribution >= 0.6 is 15.9 Å². The van der Waals surface area contributed by atoms with Gasteiger partial charge < -0.3 is 10.5 Å². The molecule has 0 aliphatic carbocycles. The summed E-state index contributed by atoms with van der Waals surface area (Å²) in [5, 5.41) is 8.65. The number of nitrogen functional groups attached to an aromatic ring is 1. The largest absolute Gasteiger partial charge is 0.438 e. The molecular weight excluding hydrogens is 313 g/mol. The van der Waals surface area contributed by atoms with Gasteiger partial charge >= 0.3 is 0 Å². The summed E-state index contributed by atoms with van der Waals surface area (Å²) < 4.78 is 19.5. The van der Waals surface area contributed by atoms with Gasteiger partial charge in [0, 0.05) is 6.07 Å². The van der Waals surface area contributed by atoms with E-state index in [4.69, 9.17) is 15.7 Å². The minimum absolute atomic E-state index is 0.0344. The van der Waals surface area contributed by atoms with E-state index in [9.17, 15) is 4.39 Å². The van der Waals surface area contributed by atoms with Crippen molar-refractivity contribution in [3.8, 4) is 17.7 Å². The first-order valence-electron chi connectivity index (χ1n) is 5.31. The molecule has 0 unspecified atom stereocenters. The van der Waals surface area contributed by atoms with Crippen molar-refractivity contribution in [2.45, 2.75) is 6.92 Å². The molecule has 1 heterocycles. The third-order valence-electron chi connectivity index (χ3n) is 2.55. The van der Waals surface area contributed by atoms with E-state index in [0.29, 0.717) is 10.2 Å². The minimum atomic E-state index is -0.636. The average molecular weight is 322 g/mol. The van der Waals surface area contributed by atoms with Crippen LogP contribution in [0.4, 0.5) is 10.1 Å². The molecule has 0 aliphatic heterocycles. The number of benzene rings is 1. The summed E-state index contributed by atoms with van der Waals surface area (Å²) in [5.74, 6) is -0.0898. The van der Waals surface area contributed by atoms with E-state index in [1.165, 1.54) is 18.3 Å². The molecule has 2 N–H and O–H groups in total. The number of ether oxygens (including phenoxy) is 1. The lowest BCUT2D eigenvalue weighted by atomic mass is 10.2. The van der Waals surface area contributed by atoms with E-state index in [-0.39, 0.29) is 17.2 Å². The zero-order valence-corrected chi connectivity index (χ0v) is 11.5. The minimum Gasteiger partial charge on any atom is -0.438 e. The van der Waals surface area contributed by atoms with Crippen LogP contribution in [-0.2, 0) is 0 Å². The number of nitrogens with two attached hydrogens (primary N) is 1. The first-order chi connectivity index (χ1) is 9.02. The standard InChI is InChI=1S/C13H9BrFN3O/c1-7-11(17)6-18-13(12(7)14)19-9-3-2-8(5-16)10(15)4-9/h2-4,6H,17H2,1H3. The van der Waals surface area contributed by atoms with Crippen LogP contribution in [0.2, 0.25) is 0 Å². The lowest BCUT2D eigenvalue weighted by molar-refractivity contribution is 0.454. The average Bonchev–Trinajstić information content (AvgIpc) is 2.40. The third-order valence-corrected chi connectivity index (χ3v) is 3.48. The highest BCUT2D eigenvalue weighted by atomic mass is 79.9. The molecule has 4 nitrogen and oxygen atoms in total. The van der Waals surface area contributed by atoms with E-state index in [1.54, 1.807) is 6.07 Å². The van der Waals surface area contributed by atoms with E-state index in [1.807, 2.05) is 6.92 Å². The van der Waals surface area contributed by atoms with Crippen molar-refractivity contribution < 1.29 is 9.13 Å². The molecule has 0 fully saturated rings. The molecule has 0 radical (unpaired) electrons. The molecule has 1 aromatic heterocycles. The first kappa shape index (κ1) is 13.3. The van der Waals surface area contributed by atoms with Crippen molar-refractivity contribution in [1.29, 1.82) is 5.26 Å². The molecule has 0 saturated heterocycles. The van der Waals surface area contributed by atoms with Crippen molar-refractivity contribution in [3.63, 3.8) is 0 Å². The quantitative estimate of drug-likeness (QED) is 0.918. The van der Waals surface area contributed by atoms with Crippen LogP contribution in [0.25, 0.3) is 0 Å². The first-order valence-corrected chi connectivity index (χ1v) is 6.10. The predicted molar refractivity (Wildman–Crippen MR) is 72.3 cm³/mol. The van der Waals surface area contributed by atoms with Crippen LogP contribution in [-0.4, -0.2) is 4.98 Å². The second kappa shape index (κ2) is 5.24. The van der Waals surface area contributed by atoms with Gasteiger partial charge in [-0.1, -0.05) is 0 Å².